The van der Waals surface area contributed by atoms with E-state index < -0.39 is 17.5 Å². The summed E-state index contributed by atoms with van der Waals surface area (Å²) in [6.07, 6.45) is -0.860. The topological polar surface area (TPSA) is 61.4 Å². The number of benzene rings is 1. The van der Waals surface area contributed by atoms with Crippen LogP contribution in [0.3, 0.4) is 0 Å². The highest BCUT2D eigenvalue weighted by atomic mass is 19.4. The SMILES string of the molecule is CN(Cc1cccc(NC(=O)[C@@]23CCCC[C@H]2CNC3)c1)C(=O)C(F)(F)F. The maximum Gasteiger partial charge on any atom is 0.471 e. The molecular formula is C19H24F3N3O2. The van der Waals surface area contributed by atoms with E-state index in [1.54, 1.807) is 24.3 Å². The van der Waals surface area contributed by atoms with Crippen molar-refractivity contribution in [3.05, 3.63) is 29.8 Å². The number of fused-ring (bicyclic) bond motifs is 1. The molecule has 1 saturated carbocycles. The predicted octanol–water partition coefficient (Wildman–Crippen LogP) is 2.93. The maximum atomic E-state index is 13.0. The van der Waals surface area contributed by atoms with Crippen LogP contribution in [0.25, 0.3) is 0 Å². The number of alkyl halides is 3. The number of anilines is 1. The highest BCUT2D eigenvalue weighted by molar-refractivity contribution is 5.96. The lowest BCUT2D eigenvalue weighted by Crippen LogP contribution is -2.44. The fraction of sp³-hybridized carbons (Fsp3) is 0.579. The number of carbonyl (C=O) groups is 2. The molecule has 27 heavy (non-hydrogen) atoms. The van der Waals surface area contributed by atoms with Gasteiger partial charge in [0.15, 0.2) is 0 Å². The molecule has 1 saturated heterocycles. The number of nitrogens with one attached hydrogen (secondary N) is 2. The molecule has 0 radical (unpaired) electrons. The first-order valence-corrected chi connectivity index (χ1v) is 9.16. The van der Waals surface area contributed by atoms with Crippen molar-refractivity contribution in [2.75, 3.05) is 25.5 Å². The van der Waals surface area contributed by atoms with Gasteiger partial charge in [0.2, 0.25) is 5.91 Å². The summed E-state index contributed by atoms with van der Waals surface area (Å²) >= 11 is 0. The number of amides is 2. The van der Waals surface area contributed by atoms with Crippen LogP contribution in [0.1, 0.15) is 31.2 Å². The van der Waals surface area contributed by atoms with Crippen LogP contribution in [0.15, 0.2) is 24.3 Å². The second-order valence-corrected chi connectivity index (χ2v) is 7.54. The molecule has 0 bridgehead atoms. The van der Waals surface area contributed by atoms with Gasteiger partial charge in [0.05, 0.1) is 5.41 Å². The highest BCUT2D eigenvalue weighted by Crippen LogP contribution is 2.44. The van der Waals surface area contributed by atoms with Crippen LogP contribution in [0.4, 0.5) is 18.9 Å². The Balaban J connectivity index is 1.69. The predicted molar refractivity (Wildman–Crippen MR) is 94.9 cm³/mol. The lowest BCUT2D eigenvalue weighted by Gasteiger charge is -2.37. The number of halogens is 3. The Bertz CT molecular complexity index is 722. The van der Waals surface area contributed by atoms with Crippen LogP contribution in [-0.2, 0) is 16.1 Å². The minimum Gasteiger partial charge on any atom is -0.334 e. The van der Waals surface area contributed by atoms with Crippen molar-refractivity contribution < 1.29 is 22.8 Å². The molecule has 2 fully saturated rings. The van der Waals surface area contributed by atoms with E-state index in [0.717, 1.165) is 39.3 Å². The van der Waals surface area contributed by atoms with Gasteiger partial charge in [-0.1, -0.05) is 25.0 Å². The highest BCUT2D eigenvalue weighted by Gasteiger charge is 2.49. The average molecular weight is 383 g/mol. The Labute approximate surface area is 156 Å². The van der Waals surface area contributed by atoms with Gasteiger partial charge in [-0.3, -0.25) is 9.59 Å². The average Bonchev–Trinajstić information content (AvgIpc) is 3.06. The second-order valence-electron chi connectivity index (χ2n) is 7.54. The van der Waals surface area contributed by atoms with Crippen molar-refractivity contribution in [1.29, 1.82) is 0 Å². The van der Waals surface area contributed by atoms with Crippen LogP contribution in [0, 0.1) is 11.3 Å². The van der Waals surface area contributed by atoms with Crippen LogP contribution in [0.5, 0.6) is 0 Å². The van der Waals surface area contributed by atoms with Crippen molar-refractivity contribution in [2.24, 2.45) is 11.3 Å². The van der Waals surface area contributed by atoms with Crippen LogP contribution < -0.4 is 10.6 Å². The van der Waals surface area contributed by atoms with Crippen molar-refractivity contribution in [3.8, 4) is 0 Å². The Morgan fingerprint density at radius 3 is 2.85 bits per heavy atom. The van der Waals surface area contributed by atoms with Gasteiger partial charge in [0.1, 0.15) is 0 Å². The van der Waals surface area contributed by atoms with E-state index in [-0.39, 0.29) is 12.5 Å². The summed E-state index contributed by atoms with van der Waals surface area (Å²) in [6, 6.07) is 6.63. The van der Waals surface area contributed by atoms with Crippen LogP contribution >= 0.6 is 0 Å². The molecular weight excluding hydrogens is 359 g/mol. The Morgan fingerprint density at radius 2 is 2.11 bits per heavy atom. The molecule has 0 spiro atoms. The van der Waals surface area contributed by atoms with Gasteiger partial charge in [-0.05, 0) is 43.0 Å². The van der Waals surface area contributed by atoms with E-state index in [9.17, 15) is 22.8 Å². The Kier molecular flexibility index (Phi) is 5.46. The van der Waals surface area contributed by atoms with Crippen LogP contribution in [0.2, 0.25) is 0 Å². The first-order chi connectivity index (χ1) is 12.7. The van der Waals surface area contributed by atoms with E-state index >= 15 is 0 Å². The first-order valence-electron chi connectivity index (χ1n) is 9.16. The molecule has 1 aromatic rings. The smallest absolute Gasteiger partial charge is 0.334 e. The van der Waals surface area contributed by atoms with Crippen LogP contribution in [-0.4, -0.2) is 43.0 Å². The molecule has 2 N–H and O–H groups in total. The zero-order chi connectivity index (χ0) is 19.7. The van der Waals surface area contributed by atoms with Crippen molar-refractivity contribution in [2.45, 2.75) is 38.4 Å². The summed E-state index contributed by atoms with van der Waals surface area (Å²) in [5, 5.41) is 6.27. The zero-order valence-corrected chi connectivity index (χ0v) is 15.2. The van der Waals surface area contributed by atoms with Crippen molar-refractivity contribution >= 4 is 17.5 Å². The van der Waals surface area contributed by atoms with Gasteiger partial charge in [0.25, 0.3) is 0 Å². The third kappa shape index (κ3) is 4.10. The van der Waals surface area contributed by atoms with Gasteiger partial charge in [-0.2, -0.15) is 13.2 Å². The summed E-state index contributed by atoms with van der Waals surface area (Å²) in [4.78, 5) is 24.9. The number of rotatable bonds is 4. The molecule has 148 valence electrons. The molecule has 0 aromatic heterocycles. The van der Waals surface area contributed by atoms with E-state index in [2.05, 4.69) is 10.6 Å². The molecule has 2 aliphatic rings. The molecule has 1 aromatic carbocycles. The second kappa shape index (κ2) is 7.50. The zero-order valence-electron chi connectivity index (χ0n) is 15.2. The van der Waals surface area contributed by atoms with E-state index in [1.807, 2.05) is 0 Å². The Morgan fingerprint density at radius 1 is 1.33 bits per heavy atom. The normalized spacial score (nSPS) is 25.0. The minimum absolute atomic E-state index is 0.0333. The summed E-state index contributed by atoms with van der Waals surface area (Å²) in [7, 11) is 1.11. The molecule has 1 aliphatic carbocycles. The molecule has 5 nitrogen and oxygen atoms in total. The lowest BCUT2D eigenvalue weighted by atomic mass is 9.67. The fourth-order valence-corrected chi connectivity index (χ4v) is 4.26. The summed E-state index contributed by atoms with van der Waals surface area (Å²) in [6.45, 7) is 1.32. The van der Waals surface area contributed by atoms with Gasteiger partial charge >= 0.3 is 12.1 Å². The van der Waals surface area contributed by atoms with E-state index in [1.165, 1.54) is 0 Å². The number of hydrogen-bond donors (Lipinski definition) is 2. The van der Waals surface area contributed by atoms with Crippen molar-refractivity contribution in [3.63, 3.8) is 0 Å². The third-order valence-corrected chi connectivity index (χ3v) is 5.68. The molecule has 2 atom stereocenters. The van der Waals surface area contributed by atoms with E-state index in [0.29, 0.717) is 28.6 Å². The van der Waals surface area contributed by atoms with E-state index in [4.69, 9.17) is 0 Å². The summed E-state index contributed by atoms with van der Waals surface area (Å²) in [5.41, 5.74) is 0.656. The van der Waals surface area contributed by atoms with Crippen molar-refractivity contribution in [1.82, 2.24) is 10.2 Å². The fourth-order valence-electron chi connectivity index (χ4n) is 4.26. The number of hydrogen-bond acceptors (Lipinski definition) is 3. The van der Waals surface area contributed by atoms with Gasteiger partial charge in [-0.15, -0.1) is 0 Å². The largest absolute Gasteiger partial charge is 0.471 e. The maximum absolute atomic E-state index is 13.0. The lowest BCUT2D eigenvalue weighted by molar-refractivity contribution is -0.184. The first kappa shape index (κ1) is 19.7. The summed E-state index contributed by atoms with van der Waals surface area (Å²) in [5.74, 6) is -1.60. The monoisotopic (exact) mass is 383 g/mol. The molecule has 2 amide bonds. The molecule has 8 heteroatoms. The molecule has 3 rings (SSSR count). The quantitative estimate of drug-likeness (QED) is 0.841. The molecule has 0 unspecified atom stereocenters. The standard InChI is InChI=1S/C19H24F3N3O2/c1-25(17(27)19(20,21)22)11-13-5-4-7-15(9-13)24-16(26)18-8-3-2-6-14(18)10-23-12-18/h4-5,7,9,14,23H,2-3,6,8,10-12H2,1H3,(H,24,26)/t14-,18+/m0/s1. The number of carbonyl (C=O) groups excluding carboxylic acids is 2. The van der Waals surface area contributed by atoms with Gasteiger partial charge in [0, 0.05) is 25.8 Å². The van der Waals surface area contributed by atoms with Gasteiger partial charge in [-0.25, -0.2) is 0 Å². The number of nitrogens with zero attached hydrogens (tertiary/aromatic N) is 1. The Hall–Kier alpha value is -2.09. The molecule has 1 aliphatic heterocycles. The summed E-state index contributed by atoms with van der Waals surface area (Å²) < 4.78 is 37.6. The minimum atomic E-state index is -4.90. The molecule has 1 heterocycles. The van der Waals surface area contributed by atoms with Gasteiger partial charge < -0.3 is 15.5 Å². The third-order valence-electron chi connectivity index (χ3n) is 5.68.